The Labute approximate surface area is 203 Å². The number of H-pyrrole nitrogens is 1. The number of benzene rings is 1. The zero-order valence-electron chi connectivity index (χ0n) is 18.7. The average Bonchev–Trinajstić information content (AvgIpc) is 3.59. The first-order valence-corrected chi connectivity index (χ1v) is 11.9. The van der Waals surface area contributed by atoms with Gasteiger partial charge in [-0.05, 0) is 42.1 Å². The summed E-state index contributed by atoms with van der Waals surface area (Å²) >= 11 is 1.49. The summed E-state index contributed by atoms with van der Waals surface area (Å²) in [4.78, 5) is 47.4. The van der Waals surface area contributed by atoms with Gasteiger partial charge in [0.1, 0.15) is 17.3 Å². The molecule has 178 valence electrons. The van der Waals surface area contributed by atoms with E-state index in [4.69, 9.17) is 0 Å². The fourth-order valence-corrected chi connectivity index (χ4v) is 4.62. The van der Waals surface area contributed by atoms with Crippen LogP contribution in [0, 0.1) is 11.7 Å². The molecule has 1 aliphatic rings. The number of anilines is 2. The highest BCUT2D eigenvalue weighted by Crippen LogP contribution is 2.29. The molecule has 0 aliphatic carbocycles. The molecule has 5 rings (SSSR count). The number of hydrogen-bond donors (Lipinski definition) is 2. The second-order valence-corrected chi connectivity index (χ2v) is 9.04. The molecule has 1 aliphatic heterocycles. The Morgan fingerprint density at radius 2 is 2.03 bits per heavy atom. The number of aromatic nitrogens is 4. The quantitative estimate of drug-likeness (QED) is 0.429. The number of aromatic amines is 1. The lowest BCUT2D eigenvalue weighted by Gasteiger charge is -2.16. The maximum Gasteiger partial charge on any atom is 0.252 e. The van der Waals surface area contributed by atoms with Crippen molar-refractivity contribution < 1.29 is 14.0 Å². The molecule has 4 heterocycles. The molecular formula is C24H21FN6O3S. The minimum Gasteiger partial charge on any atom is -0.312 e. The number of thiophene rings is 1. The van der Waals surface area contributed by atoms with Crippen molar-refractivity contribution in [3.8, 4) is 16.5 Å². The van der Waals surface area contributed by atoms with Gasteiger partial charge in [0, 0.05) is 36.5 Å². The maximum absolute atomic E-state index is 13.3. The highest BCUT2D eigenvalue weighted by molar-refractivity contribution is 7.13. The Balaban J connectivity index is 1.44. The van der Waals surface area contributed by atoms with Crippen molar-refractivity contribution >= 4 is 34.7 Å². The second kappa shape index (κ2) is 9.26. The lowest BCUT2D eigenvalue weighted by molar-refractivity contribution is -0.122. The van der Waals surface area contributed by atoms with Gasteiger partial charge in [0.2, 0.25) is 17.8 Å². The van der Waals surface area contributed by atoms with Gasteiger partial charge in [0.15, 0.2) is 0 Å². The van der Waals surface area contributed by atoms with Gasteiger partial charge >= 0.3 is 0 Å². The Hall–Kier alpha value is -4.12. The average molecular weight is 493 g/mol. The van der Waals surface area contributed by atoms with Crippen LogP contribution in [0.3, 0.4) is 0 Å². The van der Waals surface area contributed by atoms with Gasteiger partial charge < -0.3 is 10.2 Å². The van der Waals surface area contributed by atoms with Crippen molar-refractivity contribution in [3.63, 3.8) is 0 Å². The molecule has 1 saturated heterocycles. The molecule has 2 amide bonds. The van der Waals surface area contributed by atoms with E-state index in [1.807, 2.05) is 24.4 Å². The molecular weight excluding hydrogens is 471 g/mol. The summed E-state index contributed by atoms with van der Waals surface area (Å²) in [7, 11) is 0. The predicted molar refractivity (Wildman–Crippen MR) is 130 cm³/mol. The smallest absolute Gasteiger partial charge is 0.252 e. The number of aryl methyl sites for hydroxylation is 1. The summed E-state index contributed by atoms with van der Waals surface area (Å²) in [6, 6.07) is 12.5. The summed E-state index contributed by atoms with van der Waals surface area (Å²) in [5.74, 6) is -1.09. The van der Waals surface area contributed by atoms with Crippen molar-refractivity contribution in [2.75, 3.05) is 16.8 Å². The van der Waals surface area contributed by atoms with E-state index in [0.29, 0.717) is 29.3 Å². The van der Waals surface area contributed by atoms with Crippen LogP contribution < -0.4 is 15.8 Å². The van der Waals surface area contributed by atoms with Gasteiger partial charge in [-0.2, -0.15) is 9.78 Å². The van der Waals surface area contributed by atoms with E-state index < -0.39 is 11.7 Å². The Morgan fingerprint density at radius 1 is 1.23 bits per heavy atom. The molecule has 9 nitrogen and oxygen atoms in total. The standard InChI is InChI=1S/C24H21FN6O3S/c1-2-16-11-21(32)28-24(26-16)31-20(12-18(29-31)19-4-3-9-35-19)27-23(34)14-10-22(33)30(13-14)17-7-5-15(25)6-8-17/h3-9,11-12,14H,2,10,13H2,1H3,(H,27,34)(H,26,28,32). The summed E-state index contributed by atoms with van der Waals surface area (Å²) < 4.78 is 14.7. The first kappa shape index (κ1) is 22.7. The topological polar surface area (TPSA) is 113 Å². The van der Waals surface area contributed by atoms with Gasteiger partial charge in [0.05, 0.1) is 10.8 Å². The Kier molecular flexibility index (Phi) is 6.00. The molecule has 11 heteroatoms. The minimum atomic E-state index is -0.616. The SMILES string of the molecule is CCc1cc(=O)[nH]c(-n2nc(-c3cccs3)cc2NC(=O)C2CC(=O)N(c3ccc(F)cc3)C2)n1. The van der Waals surface area contributed by atoms with Crippen molar-refractivity contribution in [2.45, 2.75) is 19.8 Å². The van der Waals surface area contributed by atoms with Gasteiger partial charge in [-0.3, -0.25) is 19.4 Å². The van der Waals surface area contributed by atoms with Crippen LogP contribution in [0.2, 0.25) is 0 Å². The zero-order chi connectivity index (χ0) is 24.5. The molecule has 4 aromatic rings. The zero-order valence-corrected chi connectivity index (χ0v) is 19.5. The van der Waals surface area contributed by atoms with Crippen LogP contribution in [0.15, 0.2) is 58.7 Å². The third-order valence-electron chi connectivity index (χ3n) is 5.71. The highest BCUT2D eigenvalue weighted by Gasteiger charge is 2.35. The van der Waals surface area contributed by atoms with Crippen LogP contribution in [0.25, 0.3) is 16.5 Å². The predicted octanol–water partition coefficient (Wildman–Crippen LogP) is 3.38. The monoisotopic (exact) mass is 492 g/mol. The molecule has 3 aromatic heterocycles. The van der Waals surface area contributed by atoms with Gasteiger partial charge in [0.25, 0.3) is 5.56 Å². The number of nitrogens with one attached hydrogen (secondary N) is 2. The molecule has 1 atom stereocenters. The lowest BCUT2D eigenvalue weighted by atomic mass is 10.1. The van der Waals surface area contributed by atoms with Crippen molar-refractivity contribution in [2.24, 2.45) is 5.92 Å². The maximum atomic E-state index is 13.3. The van der Waals surface area contributed by atoms with Crippen LogP contribution in [0.5, 0.6) is 0 Å². The summed E-state index contributed by atoms with van der Waals surface area (Å²) in [6.07, 6.45) is 0.580. The van der Waals surface area contributed by atoms with E-state index in [9.17, 15) is 18.8 Å². The molecule has 35 heavy (non-hydrogen) atoms. The summed E-state index contributed by atoms with van der Waals surface area (Å²) in [5, 5.41) is 9.34. The third-order valence-corrected chi connectivity index (χ3v) is 6.61. The fourth-order valence-electron chi connectivity index (χ4n) is 3.93. The number of nitrogens with zero attached hydrogens (tertiary/aromatic N) is 4. The molecule has 0 spiro atoms. The van der Waals surface area contributed by atoms with E-state index in [1.54, 1.807) is 6.07 Å². The number of carbonyl (C=O) groups is 2. The Morgan fingerprint density at radius 3 is 2.74 bits per heavy atom. The number of amides is 2. The van der Waals surface area contributed by atoms with E-state index in [0.717, 1.165) is 4.88 Å². The molecule has 1 aromatic carbocycles. The first-order valence-electron chi connectivity index (χ1n) is 11.0. The lowest BCUT2D eigenvalue weighted by Crippen LogP contribution is -2.29. The van der Waals surface area contributed by atoms with Crippen molar-refractivity contribution in [3.05, 3.63) is 75.8 Å². The van der Waals surface area contributed by atoms with Crippen molar-refractivity contribution in [1.82, 2.24) is 19.7 Å². The van der Waals surface area contributed by atoms with Crippen LogP contribution in [-0.2, 0) is 16.0 Å². The molecule has 1 unspecified atom stereocenters. The minimum absolute atomic E-state index is 0.0233. The van der Waals surface area contributed by atoms with Gasteiger partial charge in [-0.25, -0.2) is 9.37 Å². The Bertz CT molecular complexity index is 1440. The van der Waals surface area contributed by atoms with Gasteiger partial charge in [-0.15, -0.1) is 11.3 Å². The van der Waals surface area contributed by atoms with Crippen LogP contribution in [0.4, 0.5) is 15.9 Å². The molecule has 0 radical (unpaired) electrons. The molecule has 0 saturated carbocycles. The molecule has 1 fully saturated rings. The van der Waals surface area contributed by atoms with E-state index >= 15 is 0 Å². The fraction of sp³-hybridized carbons (Fsp3) is 0.208. The number of rotatable bonds is 6. The second-order valence-electron chi connectivity index (χ2n) is 8.09. The number of carbonyl (C=O) groups excluding carboxylic acids is 2. The summed E-state index contributed by atoms with van der Waals surface area (Å²) in [5.41, 5.74) is 1.41. The largest absolute Gasteiger partial charge is 0.312 e. The third kappa shape index (κ3) is 4.62. The van der Waals surface area contributed by atoms with Crippen LogP contribution in [-0.4, -0.2) is 38.1 Å². The highest BCUT2D eigenvalue weighted by atomic mass is 32.1. The number of hydrogen-bond acceptors (Lipinski definition) is 6. The van der Waals surface area contributed by atoms with E-state index in [-0.39, 0.29) is 36.3 Å². The number of halogens is 1. The van der Waals surface area contributed by atoms with Gasteiger partial charge in [-0.1, -0.05) is 13.0 Å². The summed E-state index contributed by atoms with van der Waals surface area (Å²) in [6.45, 7) is 2.06. The first-order chi connectivity index (χ1) is 16.9. The van der Waals surface area contributed by atoms with E-state index in [1.165, 1.54) is 51.3 Å². The normalized spacial score (nSPS) is 15.5. The van der Waals surface area contributed by atoms with E-state index in [2.05, 4.69) is 20.4 Å². The molecule has 2 N–H and O–H groups in total. The van der Waals surface area contributed by atoms with Crippen LogP contribution >= 0.6 is 11.3 Å². The van der Waals surface area contributed by atoms with Crippen molar-refractivity contribution in [1.29, 1.82) is 0 Å². The molecule has 0 bridgehead atoms. The van der Waals surface area contributed by atoms with Crippen LogP contribution in [0.1, 0.15) is 19.0 Å².